The second-order valence-corrected chi connectivity index (χ2v) is 11.4. The topological polar surface area (TPSA) is 91.4 Å². The van der Waals surface area contributed by atoms with Gasteiger partial charge in [0.15, 0.2) is 0 Å². The zero-order valence-electron chi connectivity index (χ0n) is 22.7. The number of anilines is 1. The molecule has 0 spiro atoms. The van der Waals surface area contributed by atoms with Crippen LogP contribution in [-0.4, -0.2) is 59.5 Å². The number of hydrogen-bond acceptors (Lipinski definition) is 5. The van der Waals surface area contributed by atoms with Crippen molar-refractivity contribution >= 4 is 17.7 Å². The minimum atomic E-state index is -0.764. The Morgan fingerprint density at radius 3 is 2.33 bits per heavy atom. The van der Waals surface area contributed by atoms with Crippen LogP contribution in [0, 0.1) is 5.92 Å². The summed E-state index contributed by atoms with van der Waals surface area (Å²) >= 11 is 0. The van der Waals surface area contributed by atoms with Crippen molar-refractivity contribution < 1.29 is 24.2 Å². The molecule has 6 rings (SSSR count). The van der Waals surface area contributed by atoms with E-state index in [9.17, 15) is 14.7 Å². The van der Waals surface area contributed by atoms with Gasteiger partial charge < -0.3 is 14.6 Å². The van der Waals surface area contributed by atoms with Crippen LogP contribution in [0.2, 0.25) is 0 Å². The van der Waals surface area contributed by atoms with Crippen molar-refractivity contribution in [2.45, 2.75) is 68.9 Å². The van der Waals surface area contributed by atoms with Gasteiger partial charge in [-0.05, 0) is 55.5 Å². The molecule has 3 aromatic carbocycles. The second kappa shape index (κ2) is 11.4. The van der Waals surface area contributed by atoms with Gasteiger partial charge in [0.1, 0.15) is 18.3 Å². The summed E-state index contributed by atoms with van der Waals surface area (Å²) in [6, 6.07) is 26.5. The van der Waals surface area contributed by atoms with E-state index in [0.29, 0.717) is 42.8 Å². The van der Waals surface area contributed by atoms with E-state index in [1.807, 2.05) is 72.8 Å². The lowest BCUT2D eigenvalue weighted by Gasteiger charge is -2.37. The number of carboxylic acid groups (broad SMARTS) is 1. The highest BCUT2D eigenvalue weighted by atomic mass is 16.6. The van der Waals surface area contributed by atoms with Crippen LogP contribution in [-0.2, 0) is 27.1 Å². The average molecular weight is 541 g/mol. The van der Waals surface area contributed by atoms with Crippen molar-refractivity contribution in [3.8, 4) is 11.1 Å². The molecule has 3 saturated heterocycles. The summed E-state index contributed by atoms with van der Waals surface area (Å²) in [5.74, 6) is -1.19. The molecule has 2 bridgehead atoms. The number of benzene rings is 3. The van der Waals surface area contributed by atoms with Crippen molar-refractivity contribution in [3.05, 3.63) is 90.0 Å². The molecule has 7 nitrogen and oxygen atoms in total. The second-order valence-electron chi connectivity index (χ2n) is 11.4. The minimum Gasteiger partial charge on any atom is -0.481 e. The van der Waals surface area contributed by atoms with Crippen LogP contribution >= 0.6 is 0 Å². The zero-order chi connectivity index (χ0) is 27.6. The molecule has 2 N–H and O–H groups in total. The van der Waals surface area contributed by atoms with Crippen molar-refractivity contribution in [2.24, 2.45) is 5.92 Å². The predicted molar refractivity (Wildman–Crippen MR) is 153 cm³/mol. The third-order valence-electron chi connectivity index (χ3n) is 8.75. The molecule has 7 heteroatoms. The van der Waals surface area contributed by atoms with E-state index >= 15 is 0 Å². The van der Waals surface area contributed by atoms with Crippen LogP contribution in [0.5, 0.6) is 0 Å². The number of piperidine rings is 1. The Morgan fingerprint density at radius 2 is 1.65 bits per heavy atom. The summed E-state index contributed by atoms with van der Waals surface area (Å²) in [6.07, 6.45) is 4.17. The van der Waals surface area contributed by atoms with Gasteiger partial charge >= 0.3 is 12.1 Å². The van der Waals surface area contributed by atoms with E-state index in [-0.39, 0.29) is 6.10 Å². The van der Waals surface area contributed by atoms with Gasteiger partial charge in [-0.2, -0.15) is 0 Å². The molecule has 0 aliphatic carbocycles. The first-order valence-corrected chi connectivity index (χ1v) is 14.3. The molecule has 6 atom stereocenters. The number of carbonyl (C=O) groups excluding carboxylic acids is 1. The van der Waals surface area contributed by atoms with Gasteiger partial charge in [-0.25, -0.2) is 4.79 Å². The maximum atomic E-state index is 13.1. The van der Waals surface area contributed by atoms with E-state index in [1.165, 1.54) is 0 Å². The Balaban J connectivity index is 1.12. The zero-order valence-corrected chi connectivity index (χ0v) is 22.7. The van der Waals surface area contributed by atoms with Gasteiger partial charge in [-0.3, -0.25) is 15.0 Å². The third-order valence-corrected chi connectivity index (χ3v) is 8.75. The largest absolute Gasteiger partial charge is 0.481 e. The summed E-state index contributed by atoms with van der Waals surface area (Å²) in [6.45, 7) is 0. The molecule has 0 aromatic heterocycles. The average Bonchev–Trinajstić information content (AvgIpc) is 3.72. The fraction of sp³-hybridized carbons (Fsp3) is 0.394. The fourth-order valence-electron chi connectivity index (χ4n) is 6.57. The molecule has 3 fully saturated rings. The molecule has 3 heterocycles. The minimum absolute atomic E-state index is 0.122. The number of likely N-dealkylation sites (N-methyl/N-ethyl adjacent to an activating group) is 1. The normalized spacial score (nSPS) is 25.6. The van der Waals surface area contributed by atoms with E-state index in [1.54, 1.807) is 0 Å². The Kier molecular flexibility index (Phi) is 7.59. The lowest BCUT2D eigenvalue weighted by atomic mass is 9.92. The summed E-state index contributed by atoms with van der Waals surface area (Å²) in [4.78, 5) is 27.4. The first kappa shape index (κ1) is 26.5. The number of carbonyl (C=O) groups is 2. The molecule has 208 valence electrons. The monoisotopic (exact) mass is 540 g/mol. The number of fused-ring (bicyclic) bond motifs is 5. The van der Waals surface area contributed by atoms with Crippen LogP contribution < -0.4 is 5.32 Å². The van der Waals surface area contributed by atoms with E-state index in [0.717, 1.165) is 47.9 Å². The van der Waals surface area contributed by atoms with Crippen LogP contribution in [0.15, 0.2) is 78.9 Å². The number of aryl methyl sites for hydroxylation is 1. The van der Waals surface area contributed by atoms with E-state index in [2.05, 4.69) is 23.3 Å². The molecule has 3 aliphatic heterocycles. The number of rotatable bonds is 10. The number of nitrogens with one attached hydrogen (secondary N) is 1. The number of hydrogen-bond donors (Lipinski definition) is 2. The smallest absolute Gasteiger partial charge is 0.411 e. The highest BCUT2D eigenvalue weighted by Gasteiger charge is 2.62. The van der Waals surface area contributed by atoms with Crippen molar-refractivity contribution in [1.82, 2.24) is 4.90 Å². The number of ether oxygens (including phenoxy) is 2. The SMILES string of the molecule is CN1[C@@H]2C[C@@H](OC(=O)Nc3cc(CCCC(Cc4ccccc4)C(=O)O)ccc3-c3ccccc3)C[C@H]1[C@@H]1O[C@@H]12. The van der Waals surface area contributed by atoms with Crippen LogP contribution in [0.4, 0.5) is 10.5 Å². The van der Waals surface area contributed by atoms with Crippen LogP contribution in [0.1, 0.15) is 36.8 Å². The Labute approximate surface area is 235 Å². The molecule has 40 heavy (non-hydrogen) atoms. The summed E-state index contributed by atoms with van der Waals surface area (Å²) in [7, 11) is 2.14. The molecule has 1 amide bonds. The maximum absolute atomic E-state index is 13.1. The molecular weight excluding hydrogens is 504 g/mol. The molecular formula is C33H36N2O5. The van der Waals surface area contributed by atoms with Crippen molar-refractivity contribution in [1.29, 1.82) is 0 Å². The summed E-state index contributed by atoms with van der Waals surface area (Å²) in [5.41, 5.74) is 4.72. The number of nitrogens with zero attached hydrogens (tertiary/aromatic N) is 1. The molecule has 3 aliphatic rings. The van der Waals surface area contributed by atoms with Gasteiger partial charge in [0.05, 0.1) is 11.6 Å². The lowest BCUT2D eigenvalue weighted by Crippen LogP contribution is -2.48. The standard InChI is InChI=1S/C33H36N2O5/c1-35-28-19-25(20-29(35)31-30(28)40-31)39-33(38)34-27-18-22(15-16-26(27)23-12-6-3-7-13-23)11-8-14-24(32(36)37)17-21-9-4-2-5-10-21/h2-7,9-10,12-13,15-16,18,24-25,28-31H,8,11,14,17,19-20H2,1H3,(H,34,38)(H,36,37)/t24?,25-,28-,29+,30-,31+. The number of amides is 1. The first-order valence-electron chi connectivity index (χ1n) is 14.3. The Bertz CT molecular complexity index is 1330. The molecule has 0 saturated carbocycles. The maximum Gasteiger partial charge on any atom is 0.411 e. The Hall–Kier alpha value is -3.68. The quantitative estimate of drug-likeness (QED) is 0.317. The van der Waals surface area contributed by atoms with Gasteiger partial charge in [0, 0.05) is 30.5 Å². The van der Waals surface area contributed by atoms with E-state index < -0.39 is 18.0 Å². The Morgan fingerprint density at radius 1 is 0.975 bits per heavy atom. The number of aliphatic carboxylic acids is 1. The number of morpholine rings is 1. The first-order chi connectivity index (χ1) is 19.5. The van der Waals surface area contributed by atoms with Gasteiger partial charge in [0.2, 0.25) is 0 Å². The van der Waals surface area contributed by atoms with E-state index in [4.69, 9.17) is 9.47 Å². The van der Waals surface area contributed by atoms with Crippen molar-refractivity contribution in [3.63, 3.8) is 0 Å². The lowest BCUT2D eigenvalue weighted by molar-refractivity contribution is -0.142. The number of epoxide rings is 1. The van der Waals surface area contributed by atoms with Crippen LogP contribution in [0.25, 0.3) is 11.1 Å². The number of carboxylic acids is 1. The highest BCUT2D eigenvalue weighted by molar-refractivity contribution is 5.91. The molecule has 1 unspecified atom stereocenters. The molecule has 0 radical (unpaired) electrons. The van der Waals surface area contributed by atoms with Crippen LogP contribution in [0.3, 0.4) is 0 Å². The summed E-state index contributed by atoms with van der Waals surface area (Å²) < 4.78 is 11.7. The van der Waals surface area contributed by atoms with Gasteiger partial charge in [-0.1, -0.05) is 72.8 Å². The highest BCUT2D eigenvalue weighted by Crippen LogP contribution is 2.48. The predicted octanol–water partition coefficient (Wildman–Crippen LogP) is 5.78. The molecule has 3 aromatic rings. The van der Waals surface area contributed by atoms with Gasteiger partial charge in [0.25, 0.3) is 0 Å². The fourth-order valence-corrected chi connectivity index (χ4v) is 6.57. The summed E-state index contributed by atoms with van der Waals surface area (Å²) in [5, 5.41) is 12.8. The van der Waals surface area contributed by atoms with Crippen molar-refractivity contribution in [2.75, 3.05) is 12.4 Å². The third kappa shape index (κ3) is 5.76. The van der Waals surface area contributed by atoms with Gasteiger partial charge in [-0.15, -0.1) is 0 Å².